The van der Waals surface area contributed by atoms with Crippen LogP contribution in [0.5, 0.6) is 11.5 Å². The first-order valence-corrected chi connectivity index (χ1v) is 9.08. The number of phenols is 1. The lowest BCUT2D eigenvalue weighted by Gasteiger charge is -2.22. The fraction of sp³-hybridized carbons (Fsp3) is 0.120. The molecule has 0 radical (unpaired) electrons. The van der Waals surface area contributed by atoms with E-state index in [1.165, 1.54) is 21.9 Å². The summed E-state index contributed by atoms with van der Waals surface area (Å²) in [4.78, 5) is 0. The first-order chi connectivity index (χ1) is 13.2. The van der Waals surface area contributed by atoms with Crippen molar-refractivity contribution in [3.63, 3.8) is 0 Å². The van der Waals surface area contributed by atoms with Crippen LogP contribution in [0.4, 0.5) is 0 Å². The van der Waals surface area contributed by atoms with Crippen molar-refractivity contribution in [1.82, 2.24) is 0 Å². The zero-order valence-electron chi connectivity index (χ0n) is 15.5. The van der Waals surface area contributed by atoms with E-state index in [-0.39, 0.29) is 5.92 Å². The molecule has 0 heterocycles. The van der Waals surface area contributed by atoms with E-state index in [0.29, 0.717) is 5.75 Å². The summed E-state index contributed by atoms with van der Waals surface area (Å²) in [6.07, 6.45) is 0. The Balaban J connectivity index is 1.95. The van der Waals surface area contributed by atoms with Gasteiger partial charge in [0.2, 0.25) is 0 Å². The highest BCUT2D eigenvalue weighted by Gasteiger charge is 2.20. The molecule has 1 N–H and O–H groups in total. The molecule has 4 aromatic carbocycles. The Morgan fingerprint density at radius 3 is 2.22 bits per heavy atom. The molecule has 0 aliphatic heterocycles. The van der Waals surface area contributed by atoms with Crippen LogP contribution in [0.3, 0.4) is 0 Å². The summed E-state index contributed by atoms with van der Waals surface area (Å²) in [5.41, 5.74) is 4.48. The van der Waals surface area contributed by atoms with Crippen molar-refractivity contribution in [3.8, 4) is 11.5 Å². The maximum absolute atomic E-state index is 9.99. The van der Waals surface area contributed by atoms with E-state index in [0.717, 1.165) is 16.9 Å². The van der Waals surface area contributed by atoms with E-state index < -0.39 is 0 Å². The molecular weight excluding hydrogens is 332 g/mol. The highest BCUT2D eigenvalue weighted by molar-refractivity contribution is 5.87. The molecule has 2 heteroatoms. The van der Waals surface area contributed by atoms with Crippen molar-refractivity contribution in [2.45, 2.75) is 12.8 Å². The number of aromatic hydroxyl groups is 1. The predicted molar refractivity (Wildman–Crippen MR) is 111 cm³/mol. The molecule has 0 bridgehead atoms. The van der Waals surface area contributed by atoms with E-state index in [1.807, 2.05) is 25.1 Å². The van der Waals surface area contributed by atoms with Crippen LogP contribution in [0.25, 0.3) is 10.8 Å². The van der Waals surface area contributed by atoms with E-state index >= 15 is 0 Å². The monoisotopic (exact) mass is 354 g/mol. The molecule has 4 rings (SSSR count). The summed E-state index contributed by atoms with van der Waals surface area (Å²) in [6, 6.07) is 29.0. The minimum atomic E-state index is 0.0707. The number of phenolic OH excluding ortho intramolecular Hbond substituents is 1. The minimum absolute atomic E-state index is 0.0707. The number of hydrogen-bond acceptors (Lipinski definition) is 2. The van der Waals surface area contributed by atoms with Crippen molar-refractivity contribution in [1.29, 1.82) is 0 Å². The number of ether oxygens (including phenoxy) is 1. The van der Waals surface area contributed by atoms with Crippen molar-refractivity contribution in [2.24, 2.45) is 0 Å². The fourth-order valence-electron chi connectivity index (χ4n) is 3.71. The molecule has 0 aliphatic rings. The Morgan fingerprint density at radius 1 is 0.778 bits per heavy atom. The van der Waals surface area contributed by atoms with Crippen molar-refractivity contribution in [3.05, 3.63) is 107 Å². The highest BCUT2D eigenvalue weighted by atomic mass is 16.5. The Kier molecular flexibility index (Phi) is 4.55. The first-order valence-electron chi connectivity index (χ1n) is 9.08. The molecule has 0 aromatic heterocycles. The molecule has 0 amide bonds. The topological polar surface area (TPSA) is 29.5 Å². The van der Waals surface area contributed by atoms with Gasteiger partial charge in [0.05, 0.1) is 7.11 Å². The van der Waals surface area contributed by atoms with Crippen LogP contribution in [-0.2, 0) is 0 Å². The normalized spacial score (nSPS) is 12.1. The summed E-state index contributed by atoms with van der Waals surface area (Å²) in [5, 5.41) is 12.5. The molecule has 0 aliphatic carbocycles. The van der Waals surface area contributed by atoms with E-state index in [1.54, 1.807) is 13.2 Å². The lowest BCUT2D eigenvalue weighted by molar-refractivity contribution is 0.414. The molecule has 0 spiro atoms. The second-order valence-corrected chi connectivity index (χ2v) is 6.82. The molecule has 134 valence electrons. The lowest BCUT2D eigenvalue weighted by atomic mass is 9.82. The molecule has 1 atom stereocenters. The summed E-state index contributed by atoms with van der Waals surface area (Å²) >= 11 is 0. The quantitative estimate of drug-likeness (QED) is 0.453. The lowest BCUT2D eigenvalue weighted by Crippen LogP contribution is -2.05. The number of methoxy groups -OCH3 is 1. The highest BCUT2D eigenvalue weighted by Crippen LogP contribution is 2.37. The maximum Gasteiger partial charge on any atom is 0.118 e. The summed E-state index contributed by atoms with van der Waals surface area (Å²) in [7, 11) is 1.68. The zero-order valence-corrected chi connectivity index (χ0v) is 15.5. The third-order valence-corrected chi connectivity index (χ3v) is 5.14. The average Bonchev–Trinajstić information content (AvgIpc) is 2.71. The largest absolute Gasteiger partial charge is 0.508 e. The van der Waals surface area contributed by atoms with E-state index in [4.69, 9.17) is 4.74 Å². The molecule has 27 heavy (non-hydrogen) atoms. The molecule has 0 saturated heterocycles. The van der Waals surface area contributed by atoms with Crippen LogP contribution >= 0.6 is 0 Å². The van der Waals surface area contributed by atoms with Crippen LogP contribution in [0.2, 0.25) is 0 Å². The van der Waals surface area contributed by atoms with E-state index in [9.17, 15) is 5.11 Å². The number of fused-ring (bicyclic) bond motifs is 1. The molecule has 0 fully saturated rings. The fourth-order valence-corrected chi connectivity index (χ4v) is 3.71. The number of hydrogen-bond donors (Lipinski definition) is 1. The van der Waals surface area contributed by atoms with Gasteiger partial charge in [0.15, 0.2) is 0 Å². The average molecular weight is 354 g/mol. The first kappa shape index (κ1) is 17.2. The third kappa shape index (κ3) is 3.26. The summed E-state index contributed by atoms with van der Waals surface area (Å²) in [6.45, 7) is 1.94. The van der Waals surface area contributed by atoms with Gasteiger partial charge >= 0.3 is 0 Å². The van der Waals surface area contributed by atoms with Gasteiger partial charge in [-0.05, 0) is 58.1 Å². The van der Waals surface area contributed by atoms with Crippen LogP contribution < -0.4 is 4.74 Å². The Labute approximate surface area is 159 Å². The number of benzene rings is 4. The summed E-state index contributed by atoms with van der Waals surface area (Å²) in [5.74, 6) is 1.24. The molecule has 2 nitrogen and oxygen atoms in total. The van der Waals surface area contributed by atoms with Gasteiger partial charge in [-0.25, -0.2) is 0 Å². The van der Waals surface area contributed by atoms with Crippen LogP contribution in [0.1, 0.15) is 28.2 Å². The van der Waals surface area contributed by atoms with E-state index in [2.05, 4.69) is 60.7 Å². The second-order valence-electron chi connectivity index (χ2n) is 6.82. The van der Waals surface area contributed by atoms with Crippen molar-refractivity contribution < 1.29 is 9.84 Å². The van der Waals surface area contributed by atoms with Gasteiger partial charge in [-0.2, -0.15) is 0 Å². The predicted octanol–water partition coefficient (Wildman–Crippen LogP) is 6.04. The standard InChI is InChI=1S/C25H22O2/c1-17-16-20(12-15-24(17)26)25(19-10-13-21(27-2)14-11-19)23-9-5-7-18-6-3-4-8-22(18)23/h3-16,25-26H,1-2H3. The Morgan fingerprint density at radius 2 is 1.48 bits per heavy atom. The molecule has 0 saturated carbocycles. The third-order valence-electron chi connectivity index (χ3n) is 5.14. The summed E-state index contributed by atoms with van der Waals surface area (Å²) < 4.78 is 5.33. The van der Waals surface area contributed by atoms with Gasteiger partial charge in [0.25, 0.3) is 0 Å². The van der Waals surface area contributed by atoms with Crippen molar-refractivity contribution in [2.75, 3.05) is 7.11 Å². The van der Waals surface area contributed by atoms with Crippen LogP contribution in [0.15, 0.2) is 84.9 Å². The van der Waals surface area contributed by atoms with Gasteiger partial charge in [-0.1, -0.05) is 66.7 Å². The second kappa shape index (κ2) is 7.16. The van der Waals surface area contributed by atoms with Gasteiger partial charge in [0, 0.05) is 5.92 Å². The number of aryl methyl sites for hydroxylation is 1. The smallest absolute Gasteiger partial charge is 0.118 e. The van der Waals surface area contributed by atoms with Crippen LogP contribution in [0, 0.1) is 6.92 Å². The maximum atomic E-state index is 9.99. The SMILES string of the molecule is COc1ccc(C(c2ccc(O)c(C)c2)c2cccc3ccccc23)cc1. The minimum Gasteiger partial charge on any atom is -0.508 e. The zero-order chi connectivity index (χ0) is 18.8. The van der Waals surface area contributed by atoms with Crippen molar-refractivity contribution >= 4 is 10.8 Å². The Bertz CT molecular complexity index is 1080. The van der Waals surface area contributed by atoms with Gasteiger partial charge in [-0.15, -0.1) is 0 Å². The van der Waals surface area contributed by atoms with Gasteiger partial charge in [-0.3, -0.25) is 0 Å². The molecule has 1 unspecified atom stereocenters. The molecular formula is C25H22O2. The number of rotatable bonds is 4. The van der Waals surface area contributed by atoms with Gasteiger partial charge < -0.3 is 9.84 Å². The Hall–Kier alpha value is -3.26. The van der Waals surface area contributed by atoms with Gasteiger partial charge in [0.1, 0.15) is 11.5 Å². The van der Waals surface area contributed by atoms with Crippen LogP contribution in [-0.4, -0.2) is 12.2 Å². The molecule has 4 aromatic rings.